The van der Waals surface area contributed by atoms with Gasteiger partial charge in [-0.2, -0.15) is 0 Å². The number of hydrogen-bond donors (Lipinski definition) is 3. The molecule has 0 aliphatic carbocycles. The number of rotatable bonds is 2. The molecular weight excluding hydrogens is 349 g/mol. The number of hydrogen-bond acceptors (Lipinski definition) is 3. The normalized spacial score (nSPS) is 10.2. The van der Waals surface area contributed by atoms with Crippen molar-refractivity contribution in [2.24, 2.45) is 0 Å². The maximum Gasteiger partial charge on any atom is 0.0641 e. The van der Waals surface area contributed by atoms with Crippen molar-refractivity contribution in [1.29, 1.82) is 0 Å². The van der Waals surface area contributed by atoms with Crippen LogP contribution in [0.4, 0.5) is 22.7 Å². The number of halogens is 2. The second-order valence-electron chi connectivity index (χ2n) is 3.59. The van der Waals surface area contributed by atoms with E-state index in [1.54, 1.807) is 12.1 Å². The van der Waals surface area contributed by atoms with Crippen molar-refractivity contribution >= 4 is 56.9 Å². The second kappa shape index (κ2) is 5.01. The minimum absolute atomic E-state index is 0.553. The molecule has 17 heavy (non-hydrogen) atoms. The van der Waals surface area contributed by atoms with Gasteiger partial charge in [-0.1, -0.05) is 11.6 Å². The van der Waals surface area contributed by atoms with Gasteiger partial charge in [-0.25, -0.2) is 0 Å². The maximum absolute atomic E-state index is 6.10. The van der Waals surface area contributed by atoms with Gasteiger partial charge in [0.25, 0.3) is 0 Å². The minimum Gasteiger partial charge on any atom is -0.397 e. The molecule has 5 heteroatoms. The van der Waals surface area contributed by atoms with Gasteiger partial charge >= 0.3 is 0 Å². The zero-order valence-corrected chi connectivity index (χ0v) is 11.8. The van der Waals surface area contributed by atoms with E-state index in [0.717, 1.165) is 14.9 Å². The molecule has 0 atom stereocenters. The zero-order chi connectivity index (χ0) is 12.4. The van der Waals surface area contributed by atoms with Gasteiger partial charge in [0.05, 0.1) is 22.1 Å². The van der Waals surface area contributed by atoms with Crippen LogP contribution in [0.1, 0.15) is 0 Å². The van der Waals surface area contributed by atoms with Crippen molar-refractivity contribution in [2.75, 3.05) is 16.8 Å². The molecule has 0 aliphatic heterocycles. The summed E-state index contributed by atoms with van der Waals surface area (Å²) in [6.07, 6.45) is 0. The first kappa shape index (κ1) is 12.3. The number of anilines is 4. The number of nitrogens with two attached hydrogens (primary N) is 2. The topological polar surface area (TPSA) is 64.1 Å². The van der Waals surface area contributed by atoms with Crippen LogP contribution >= 0.6 is 34.2 Å². The number of nitrogen functional groups attached to an aromatic ring is 2. The number of nitrogens with one attached hydrogen (secondary N) is 1. The molecule has 0 saturated heterocycles. The Labute approximate surface area is 118 Å². The van der Waals surface area contributed by atoms with E-state index in [-0.39, 0.29) is 0 Å². The number of benzene rings is 2. The van der Waals surface area contributed by atoms with Crippen LogP contribution < -0.4 is 16.8 Å². The average Bonchev–Trinajstić information content (AvgIpc) is 2.29. The summed E-state index contributed by atoms with van der Waals surface area (Å²) in [4.78, 5) is 0. The molecule has 0 aliphatic rings. The zero-order valence-electron chi connectivity index (χ0n) is 8.87. The Kier molecular flexibility index (Phi) is 3.63. The highest BCUT2D eigenvalue weighted by Gasteiger charge is 2.03. The van der Waals surface area contributed by atoms with Gasteiger partial charge < -0.3 is 16.8 Å². The van der Waals surface area contributed by atoms with Gasteiger partial charge in [0.15, 0.2) is 0 Å². The summed E-state index contributed by atoms with van der Waals surface area (Å²) in [5.74, 6) is 0. The molecule has 0 radical (unpaired) electrons. The molecule has 0 amide bonds. The van der Waals surface area contributed by atoms with Crippen molar-refractivity contribution in [3.8, 4) is 0 Å². The van der Waals surface area contributed by atoms with E-state index in [4.69, 9.17) is 23.1 Å². The molecule has 2 aromatic rings. The Bertz CT molecular complexity index is 557. The molecule has 2 aromatic carbocycles. The Hall–Kier alpha value is -1.14. The lowest BCUT2D eigenvalue weighted by molar-refractivity contribution is 1.53. The van der Waals surface area contributed by atoms with Gasteiger partial charge in [0.2, 0.25) is 0 Å². The summed E-state index contributed by atoms with van der Waals surface area (Å²) < 4.78 is 1.11. The van der Waals surface area contributed by atoms with E-state index in [1.807, 2.05) is 24.3 Å². The van der Waals surface area contributed by atoms with E-state index in [9.17, 15) is 0 Å². The average molecular weight is 360 g/mol. The van der Waals surface area contributed by atoms with E-state index in [1.165, 1.54) is 0 Å². The molecule has 5 N–H and O–H groups in total. The van der Waals surface area contributed by atoms with Crippen LogP contribution in [-0.2, 0) is 0 Å². The summed E-state index contributed by atoms with van der Waals surface area (Å²) in [6.45, 7) is 0. The lowest BCUT2D eigenvalue weighted by Crippen LogP contribution is -1.97. The van der Waals surface area contributed by atoms with Crippen LogP contribution in [0, 0.1) is 3.57 Å². The first-order valence-corrected chi connectivity index (χ1v) is 6.39. The lowest BCUT2D eigenvalue weighted by atomic mass is 10.2. The quantitative estimate of drug-likeness (QED) is 0.564. The van der Waals surface area contributed by atoms with Gasteiger partial charge in [-0.05, 0) is 59.0 Å². The smallest absolute Gasteiger partial charge is 0.0641 e. The van der Waals surface area contributed by atoms with Crippen molar-refractivity contribution in [3.05, 3.63) is 45.0 Å². The Morgan fingerprint density at radius 1 is 1.00 bits per heavy atom. The van der Waals surface area contributed by atoms with Crippen LogP contribution in [0.25, 0.3) is 0 Å². The van der Waals surface area contributed by atoms with Crippen molar-refractivity contribution in [3.63, 3.8) is 0 Å². The van der Waals surface area contributed by atoms with Gasteiger partial charge in [0.1, 0.15) is 0 Å². The van der Waals surface area contributed by atoms with E-state index < -0.39 is 0 Å². The standard InChI is InChI=1S/C12H11ClIN3/c13-9-3-1-7(14)5-12(9)17-8-2-4-10(15)11(16)6-8/h1-6,17H,15-16H2. The highest BCUT2D eigenvalue weighted by Crippen LogP contribution is 2.29. The summed E-state index contributed by atoms with van der Waals surface area (Å²) in [7, 11) is 0. The maximum atomic E-state index is 6.10. The molecular formula is C12H11ClIN3. The van der Waals surface area contributed by atoms with Crippen LogP contribution in [0.2, 0.25) is 5.02 Å². The molecule has 0 spiro atoms. The van der Waals surface area contributed by atoms with E-state index in [2.05, 4.69) is 27.9 Å². The highest BCUT2D eigenvalue weighted by molar-refractivity contribution is 14.1. The lowest BCUT2D eigenvalue weighted by Gasteiger charge is -2.10. The van der Waals surface area contributed by atoms with Crippen molar-refractivity contribution in [1.82, 2.24) is 0 Å². The first-order valence-electron chi connectivity index (χ1n) is 4.93. The summed E-state index contributed by atoms with van der Waals surface area (Å²) >= 11 is 8.33. The molecule has 0 aromatic heterocycles. The van der Waals surface area contributed by atoms with Crippen molar-refractivity contribution in [2.45, 2.75) is 0 Å². The molecule has 0 fully saturated rings. The van der Waals surface area contributed by atoms with Crippen LogP contribution in [0.15, 0.2) is 36.4 Å². The van der Waals surface area contributed by atoms with Crippen molar-refractivity contribution < 1.29 is 0 Å². The first-order chi connectivity index (χ1) is 8.06. The Morgan fingerprint density at radius 2 is 1.76 bits per heavy atom. The fourth-order valence-electron chi connectivity index (χ4n) is 1.40. The van der Waals surface area contributed by atoms with Crippen LogP contribution in [-0.4, -0.2) is 0 Å². The van der Waals surface area contributed by atoms with Gasteiger partial charge in [-0.3, -0.25) is 0 Å². The molecule has 0 bridgehead atoms. The van der Waals surface area contributed by atoms with Crippen LogP contribution in [0.5, 0.6) is 0 Å². The summed E-state index contributed by atoms with van der Waals surface area (Å²) in [5.41, 5.74) is 14.2. The Balaban J connectivity index is 2.31. The largest absolute Gasteiger partial charge is 0.397 e. The molecule has 0 unspecified atom stereocenters. The second-order valence-corrected chi connectivity index (χ2v) is 5.25. The fraction of sp³-hybridized carbons (Fsp3) is 0. The third kappa shape index (κ3) is 2.95. The SMILES string of the molecule is Nc1ccc(Nc2cc(I)ccc2Cl)cc1N. The van der Waals surface area contributed by atoms with E-state index in [0.29, 0.717) is 16.4 Å². The predicted molar refractivity (Wildman–Crippen MR) is 82.7 cm³/mol. The third-order valence-corrected chi connectivity index (χ3v) is 3.29. The predicted octanol–water partition coefficient (Wildman–Crippen LogP) is 3.85. The summed E-state index contributed by atoms with van der Waals surface area (Å²) in [6, 6.07) is 11.2. The molecule has 3 nitrogen and oxygen atoms in total. The van der Waals surface area contributed by atoms with Crippen LogP contribution in [0.3, 0.4) is 0 Å². The minimum atomic E-state index is 0.553. The molecule has 0 heterocycles. The highest BCUT2D eigenvalue weighted by atomic mass is 127. The fourth-order valence-corrected chi connectivity index (χ4v) is 2.06. The van der Waals surface area contributed by atoms with Gasteiger partial charge in [0, 0.05) is 9.26 Å². The third-order valence-electron chi connectivity index (χ3n) is 2.29. The summed E-state index contributed by atoms with van der Waals surface area (Å²) in [5, 5.41) is 3.88. The van der Waals surface area contributed by atoms with E-state index >= 15 is 0 Å². The van der Waals surface area contributed by atoms with Gasteiger partial charge in [-0.15, -0.1) is 0 Å². The molecule has 2 rings (SSSR count). The Morgan fingerprint density at radius 3 is 2.47 bits per heavy atom. The molecule has 0 saturated carbocycles. The monoisotopic (exact) mass is 359 g/mol. The molecule has 88 valence electrons.